The third-order valence-corrected chi connectivity index (χ3v) is 4.14. The lowest BCUT2D eigenvalue weighted by Crippen LogP contribution is -2.19. The number of hydrogen-bond acceptors (Lipinski definition) is 2. The zero-order valence-electron chi connectivity index (χ0n) is 14.1. The summed E-state index contributed by atoms with van der Waals surface area (Å²) in [5.74, 6) is -0.668. The van der Waals surface area contributed by atoms with E-state index in [0.29, 0.717) is 12.5 Å². The van der Waals surface area contributed by atoms with Crippen molar-refractivity contribution in [1.82, 2.24) is 0 Å². The summed E-state index contributed by atoms with van der Waals surface area (Å²) in [5.41, 5.74) is 6.14. The minimum Gasteiger partial charge on any atom is -0.481 e. The molecule has 0 aromatic rings. The van der Waals surface area contributed by atoms with Crippen LogP contribution in [-0.4, -0.2) is 17.1 Å². The molecule has 3 N–H and O–H groups in total. The Kier molecular flexibility index (Phi) is 15.4. The van der Waals surface area contributed by atoms with Crippen LogP contribution >= 0.6 is 0 Å². The number of carboxylic acids is 1. The molecule has 0 aromatic carbocycles. The lowest BCUT2D eigenvalue weighted by Gasteiger charge is -2.11. The van der Waals surface area contributed by atoms with Crippen LogP contribution in [0.25, 0.3) is 0 Å². The third-order valence-electron chi connectivity index (χ3n) is 4.14. The van der Waals surface area contributed by atoms with E-state index in [1.165, 1.54) is 77.0 Å². The summed E-state index contributed by atoms with van der Waals surface area (Å²) >= 11 is 0. The van der Waals surface area contributed by atoms with Gasteiger partial charge in [-0.15, -0.1) is 0 Å². The Bertz CT molecular complexity index is 231. The number of hydrogen-bond donors (Lipinski definition) is 2. The second-order valence-corrected chi connectivity index (χ2v) is 6.37. The fraction of sp³-hybridized carbons (Fsp3) is 0.944. The molecule has 0 saturated heterocycles. The van der Waals surface area contributed by atoms with E-state index in [4.69, 9.17) is 10.8 Å². The molecule has 0 heterocycles. The van der Waals surface area contributed by atoms with E-state index < -0.39 is 5.97 Å². The second kappa shape index (κ2) is 15.8. The third kappa shape index (κ3) is 17.4. The van der Waals surface area contributed by atoms with Crippen LogP contribution in [0.5, 0.6) is 0 Å². The predicted octanol–water partition coefficient (Wildman–Crippen LogP) is 5.27. The van der Waals surface area contributed by atoms with Gasteiger partial charge < -0.3 is 10.8 Å². The maximum Gasteiger partial charge on any atom is 0.303 e. The minimum absolute atomic E-state index is 0.326. The fourth-order valence-electron chi connectivity index (χ4n) is 2.72. The topological polar surface area (TPSA) is 63.3 Å². The smallest absolute Gasteiger partial charge is 0.303 e. The van der Waals surface area contributed by atoms with Gasteiger partial charge in [-0.1, -0.05) is 77.6 Å². The van der Waals surface area contributed by atoms with E-state index in [-0.39, 0.29) is 0 Å². The molecule has 0 bridgehead atoms. The van der Waals surface area contributed by atoms with Crippen LogP contribution in [0.2, 0.25) is 0 Å². The molecule has 0 aliphatic heterocycles. The van der Waals surface area contributed by atoms with Gasteiger partial charge in [0.25, 0.3) is 0 Å². The molecule has 1 unspecified atom stereocenters. The van der Waals surface area contributed by atoms with Crippen LogP contribution in [-0.2, 0) is 4.79 Å². The molecule has 0 aromatic heterocycles. The van der Waals surface area contributed by atoms with Gasteiger partial charge in [0, 0.05) is 12.5 Å². The van der Waals surface area contributed by atoms with E-state index in [1.807, 2.05) is 0 Å². The van der Waals surface area contributed by atoms with Gasteiger partial charge in [-0.2, -0.15) is 0 Å². The molecule has 126 valence electrons. The van der Waals surface area contributed by atoms with Crippen LogP contribution in [0.1, 0.15) is 103 Å². The van der Waals surface area contributed by atoms with Crippen molar-refractivity contribution in [3.8, 4) is 0 Å². The van der Waals surface area contributed by atoms with Gasteiger partial charge >= 0.3 is 5.97 Å². The van der Waals surface area contributed by atoms with Crippen molar-refractivity contribution in [2.45, 2.75) is 109 Å². The van der Waals surface area contributed by atoms with Gasteiger partial charge in [-0.3, -0.25) is 4.79 Å². The number of aliphatic carboxylic acids is 1. The predicted molar refractivity (Wildman–Crippen MR) is 90.5 cm³/mol. The molecule has 0 aliphatic carbocycles. The molecule has 0 amide bonds. The summed E-state index contributed by atoms with van der Waals surface area (Å²) < 4.78 is 0. The highest BCUT2D eigenvalue weighted by molar-refractivity contribution is 5.66. The van der Waals surface area contributed by atoms with E-state index in [9.17, 15) is 4.79 Å². The number of carbonyl (C=O) groups is 1. The average Bonchev–Trinajstić information content (AvgIpc) is 2.45. The first kappa shape index (κ1) is 20.4. The van der Waals surface area contributed by atoms with Gasteiger partial charge in [0.05, 0.1) is 0 Å². The molecule has 0 aliphatic rings. The Morgan fingerprint density at radius 3 is 1.71 bits per heavy atom. The number of nitrogens with two attached hydrogens (primary N) is 1. The van der Waals surface area contributed by atoms with Crippen LogP contribution in [0, 0.1) is 0 Å². The second-order valence-electron chi connectivity index (χ2n) is 6.37. The van der Waals surface area contributed by atoms with Crippen molar-refractivity contribution in [1.29, 1.82) is 0 Å². The van der Waals surface area contributed by atoms with Crippen molar-refractivity contribution < 1.29 is 9.90 Å². The molecular weight excluding hydrogens is 262 g/mol. The van der Waals surface area contributed by atoms with Gasteiger partial charge in [-0.25, -0.2) is 0 Å². The molecule has 3 nitrogen and oxygen atoms in total. The molecule has 0 saturated carbocycles. The summed E-state index contributed by atoms with van der Waals surface area (Å²) in [6, 6.07) is 0.405. The Hall–Kier alpha value is -0.570. The van der Waals surface area contributed by atoms with Crippen LogP contribution in [0.3, 0.4) is 0 Å². The number of carboxylic acid groups (broad SMARTS) is 1. The molecule has 3 heteroatoms. The van der Waals surface area contributed by atoms with Crippen molar-refractivity contribution in [3.63, 3.8) is 0 Å². The Labute approximate surface area is 131 Å². The molecule has 0 radical (unpaired) electrons. The standard InChI is InChI=1S/C18H37NO2/c1-2-3-4-8-11-14-17(19)15-12-9-6-5-7-10-13-16-18(20)21/h17H,2-16,19H2,1H3,(H,20,21). The van der Waals surface area contributed by atoms with E-state index in [0.717, 1.165) is 12.8 Å². The summed E-state index contributed by atoms with van der Waals surface area (Å²) in [7, 11) is 0. The van der Waals surface area contributed by atoms with Gasteiger partial charge in [0.2, 0.25) is 0 Å². The van der Waals surface area contributed by atoms with E-state index in [1.54, 1.807) is 0 Å². The first-order chi connectivity index (χ1) is 10.2. The first-order valence-corrected chi connectivity index (χ1v) is 9.14. The number of unbranched alkanes of at least 4 members (excludes halogenated alkanes) is 10. The molecule has 0 rings (SSSR count). The Morgan fingerprint density at radius 1 is 0.810 bits per heavy atom. The summed E-state index contributed by atoms with van der Waals surface area (Å²) in [6.07, 6.45) is 17.5. The molecule has 0 spiro atoms. The van der Waals surface area contributed by atoms with E-state index in [2.05, 4.69) is 6.92 Å². The Morgan fingerprint density at radius 2 is 1.24 bits per heavy atom. The minimum atomic E-state index is -0.668. The quantitative estimate of drug-likeness (QED) is 0.382. The summed E-state index contributed by atoms with van der Waals surface area (Å²) in [6.45, 7) is 2.25. The average molecular weight is 299 g/mol. The first-order valence-electron chi connectivity index (χ1n) is 9.14. The van der Waals surface area contributed by atoms with Crippen molar-refractivity contribution >= 4 is 5.97 Å². The maximum atomic E-state index is 10.4. The zero-order valence-corrected chi connectivity index (χ0v) is 14.1. The monoisotopic (exact) mass is 299 g/mol. The highest BCUT2D eigenvalue weighted by Crippen LogP contribution is 2.13. The molecule has 1 atom stereocenters. The fourth-order valence-corrected chi connectivity index (χ4v) is 2.72. The maximum absolute atomic E-state index is 10.4. The van der Waals surface area contributed by atoms with Gasteiger partial charge in [-0.05, 0) is 19.3 Å². The number of rotatable bonds is 16. The van der Waals surface area contributed by atoms with Crippen LogP contribution < -0.4 is 5.73 Å². The highest BCUT2D eigenvalue weighted by Gasteiger charge is 2.02. The highest BCUT2D eigenvalue weighted by atomic mass is 16.4. The van der Waals surface area contributed by atoms with Crippen molar-refractivity contribution in [2.24, 2.45) is 5.73 Å². The lowest BCUT2D eigenvalue weighted by molar-refractivity contribution is -0.137. The zero-order chi connectivity index (χ0) is 15.8. The molecule has 0 fully saturated rings. The molecular formula is C18H37NO2. The largest absolute Gasteiger partial charge is 0.481 e. The van der Waals surface area contributed by atoms with Gasteiger partial charge in [0.1, 0.15) is 0 Å². The summed E-state index contributed by atoms with van der Waals surface area (Å²) in [4.78, 5) is 10.4. The van der Waals surface area contributed by atoms with Gasteiger partial charge in [0.15, 0.2) is 0 Å². The van der Waals surface area contributed by atoms with E-state index >= 15 is 0 Å². The van der Waals surface area contributed by atoms with Crippen molar-refractivity contribution in [2.75, 3.05) is 0 Å². The lowest BCUT2D eigenvalue weighted by atomic mass is 10.0. The summed E-state index contributed by atoms with van der Waals surface area (Å²) in [5, 5.41) is 8.53. The normalized spacial score (nSPS) is 12.5. The van der Waals surface area contributed by atoms with Crippen LogP contribution in [0.4, 0.5) is 0 Å². The van der Waals surface area contributed by atoms with Crippen molar-refractivity contribution in [3.05, 3.63) is 0 Å². The SMILES string of the molecule is CCCCCCCC(N)CCCCCCCCCC(=O)O. The molecule has 21 heavy (non-hydrogen) atoms. The van der Waals surface area contributed by atoms with Crippen LogP contribution in [0.15, 0.2) is 0 Å². The Balaban J connectivity index is 3.14.